The molecule has 0 aliphatic heterocycles. The molecule has 2 N–H and O–H groups in total. The van der Waals surface area contributed by atoms with Crippen molar-refractivity contribution in [2.45, 2.75) is 5.09 Å². The summed E-state index contributed by atoms with van der Waals surface area (Å²) in [5.74, 6) is -1.43. The van der Waals surface area contributed by atoms with Gasteiger partial charge in [0.15, 0.2) is 0 Å². The quantitative estimate of drug-likeness (QED) is 0.871. The minimum Gasteiger partial charge on any atom is -0.495 e. The Bertz CT molecular complexity index is 783. The molecule has 0 saturated heterocycles. The molecule has 7 nitrogen and oxygen atoms in total. The van der Waals surface area contributed by atoms with Crippen LogP contribution in [0.25, 0.3) is 0 Å². The Labute approximate surface area is 125 Å². The number of carboxylic acid groups (broad SMARTS) is 1. The maximum atomic E-state index is 12.0. The molecule has 0 aliphatic rings. The van der Waals surface area contributed by atoms with E-state index in [0.29, 0.717) is 5.75 Å². The summed E-state index contributed by atoms with van der Waals surface area (Å²) in [6, 6.07) is 6.40. The molecular formula is C12H10ClNO6S. The number of nitrogens with one attached hydrogen (secondary N) is 1. The molecule has 2 aromatic rings. The van der Waals surface area contributed by atoms with Crippen molar-refractivity contribution >= 4 is 33.3 Å². The topological polar surface area (TPSA) is 106 Å². The maximum Gasteiger partial charge on any atom is 0.371 e. The molecule has 1 aromatic carbocycles. The average Bonchev–Trinajstić information content (AvgIpc) is 2.89. The lowest BCUT2D eigenvalue weighted by atomic mass is 10.3. The summed E-state index contributed by atoms with van der Waals surface area (Å²) in [7, 11) is -2.61. The van der Waals surface area contributed by atoms with Crippen LogP contribution in [0.4, 0.5) is 5.69 Å². The fraction of sp³-hybridized carbons (Fsp3) is 0.0833. The van der Waals surface area contributed by atoms with Crippen LogP contribution in [0.15, 0.2) is 39.8 Å². The summed E-state index contributed by atoms with van der Waals surface area (Å²) in [4.78, 5) is 10.7. The van der Waals surface area contributed by atoms with E-state index in [1.54, 1.807) is 0 Å². The number of carbonyl (C=O) groups is 1. The average molecular weight is 332 g/mol. The van der Waals surface area contributed by atoms with E-state index in [0.717, 1.165) is 12.1 Å². The van der Waals surface area contributed by atoms with E-state index in [1.165, 1.54) is 25.3 Å². The largest absolute Gasteiger partial charge is 0.495 e. The molecule has 0 fully saturated rings. The Kier molecular flexibility index (Phi) is 4.10. The molecule has 1 aromatic heterocycles. The fourth-order valence-corrected chi connectivity index (χ4v) is 2.76. The summed E-state index contributed by atoms with van der Waals surface area (Å²) in [6.07, 6.45) is 0. The molecule has 2 rings (SSSR count). The third-order valence-corrected chi connectivity index (χ3v) is 4.01. The van der Waals surface area contributed by atoms with E-state index in [4.69, 9.17) is 25.9 Å². The molecule has 0 aliphatic carbocycles. The van der Waals surface area contributed by atoms with Gasteiger partial charge in [0.2, 0.25) is 10.9 Å². The number of aromatic carboxylic acids is 1. The number of rotatable bonds is 5. The third-order valence-electron chi connectivity index (χ3n) is 2.46. The number of ether oxygens (including phenoxy) is 1. The van der Waals surface area contributed by atoms with E-state index in [2.05, 4.69) is 4.72 Å². The number of methoxy groups -OCH3 is 1. The van der Waals surface area contributed by atoms with E-state index in [1.807, 2.05) is 0 Å². The molecule has 0 atom stereocenters. The number of hydrogen-bond acceptors (Lipinski definition) is 5. The second-order valence-corrected chi connectivity index (χ2v) is 5.90. The van der Waals surface area contributed by atoms with Crippen molar-refractivity contribution in [2.24, 2.45) is 0 Å². The first-order chi connectivity index (χ1) is 9.83. The molecule has 1 heterocycles. The Morgan fingerprint density at radius 1 is 1.33 bits per heavy atom. The van der Waals surface area contributed by atoms with E-state index in [-0.39, 0.29) is 10.7 Å². The summed E-state index contributed by atoms with van der Waals surface area (Å²) in [5.41, 5.74) is 0.189. The smallest absolute Gasteiger partial charge is 0.371 e. The van der Waals surface area contributed by atoms with Gasteiger partial charge in [-0.15, -0.1) is 0 Å². The monoisotopic (exact) mass is 331 g/mol. The summed E-state index contributed by atoms with van der Waals surface area (Å²) < 4.78 is 36.0. The second kappa shape index (κ2) is 5.66. The highest BCUT2D eigenvalue weighted by atomic mass is 35.5. The number of furan rings is 1. The predicted molar refractivity (Wildman–Crippen MR) is 74.5 cm³/mol. The third kappa shape index (κ3) is 3.29. The lowest BCUT2D eigenvalue weighted by molar-refractivity contribution is 0.0656. The van der Waals surface area contributed by atoms with Gasteiger partial charge >= 0.3 is 5.97 Å². The highest BCUT2D eigenvalue weighted by Crippen LogP contribution is 2.28. The van der Waals surface area contributed by atoms with Crippen molar-refractivity contribution in [1.29, 1.82) is 0 Å². The second-order valence-electron chi connectivity index (χ2n) is 3.88. The van der Waals surface area contributed by atoms with Crippen molar-refractivity contribution in [3.8, 4) is 5.75 Å². The molecule has 0 saturated carbocycles. The molecule has 112 valence electrons. The van der Waals surface area contributed by atoms with Gasteiger partial charge in [0.05, 0.1) is 17.8 Å². The van der Waals surface area contributed by atoms with Crippen LogP contribution in [0.3, 0.4) is 0 Å². The molecule has 21 heavy (non-hydrogen) atoms. The summed E-state index contributed by atoms with van der Waals surface area (Å²) >= 11 is 5.89. The van der Waals surface area contributed by atoms with Crippen LogP contribution in [0.1, 0.15) is 10.6 Å². The SMILES string of the molecule is COc1ccc(NS(=O)(=O)c2ccc(C(=O)O)o2)cc1Cl. The van der Waals surface area contributed by atoms with E-state index < -0.39 is 26.8 Å². The van der Waals surface area contributed by atoms with Crippen LogP contribution in [0.2, 0.25) is 5.02 Å². The molecule has 0 spiro atoms. The first kappa shape index (κ1) is 15.2. The van der Waals surface area contributed by atoms with Crippen LogP contribution in [-0.4, -0.2) is 26.6 Å². The van der Waals surface area contributed by atoms with E-state index in [9.17, 15) is 13.2 Å². The highest BCUT2D eigenvalue weighted by molar-refractivity contribution is 7.92. The molecule has 0 radical (unpaired) electrons. The van der Waals surface area contributed by atoms with Crippen molar-refractivity contribution in [2.75, 3.05) is 11.8 Å². The maximum absolute atomic E-state index is 12.0. The van der Waals surface area contributed by atoms with Crippen molar-refractivity contribution < 1.29 is 27.5 Å². The Morgan fingerprint density at radius 2 is 2.05 bits per heavy atom. The van der Waals surface area contributed by atoms with Crippen molar-refractivity contribution in [3.05, 3.63) is 41.1 Å². The van der Waals surface area contributed by atoms with Gasteiger partial charge in [-0.1, -0.05) is 11.6 Å². The van der Waals surface area contributed by atoms with Gasteiger partial charge in [-0.25, -0.2) is 4.79 Å². The minimum absolute atomic E-state index is 0.189. The predicted octanol–water partition coefficient (Wildman–Crippen LogP) is 2.44. The Balaban J connectivity index is 2.28. The molecule has 0 unspecified atom stereocenters. The van der Waals surface area contributed by atoms with Gasteiger partial charge in [-0.05, 0) is 30.3 Å². The zero-order chi connectivity index (χ0) is 15.6. The zero-order valence-electron chi connectivity index (χ0n) is 10.7. The Hall–Kier alpha value is -2.19. The van der Waals surface area contributed by atoms with Gasteiger partial charge in [-0.2, -0.15) is 8.42 Å². The van der Waals surface area contributed by atoms with Crippen LogP contribution in [0, 0.1) is 0 Å². The molecule has 0 amide bonds. The van der Waals surface area contributed by atoms with Gasteiger partial charge in [0.1, 0.15) is 5.75 Å². The number of benzene rings is 1. The van der Waals surface area contributed by atoms with Gasteiger partial charge in [0, 0.05) is 0 Å². The van der Waals surface area contributed by atoms with Crippen LogP contribution >= 0.6 is 11.6 Å². The molecular weight excluding hydrogens is 322 g/mol. The number of hydrogen-bond donors (Lipinski definition) is 2. The van der Waals surface area contributed by atoms with Crippen molar-refractivity contribution in [3.63, 3.8) is 0 Å². The van der Waals surface area contributed by atoms with Crippen LogP contribution < -0.4 is 9.46 Å². The first-order valence-electron chi connectivity index (χ1n) is 5.53. The lowest BCUT2D eigenvalue weighted by Gasteiger charge is -2.08. The van der Waals surface area contributed by atoms with Crippen LogP contribution in [-0.2, 0) is 10.0 Å². The number of halogens is 1. The molecule has 0 bridgehead atoms. The van der Waals surface area contributed by atoms with Gasteiger partial charge in [-0.3, -0.25) is 4.72 Å². The normalized spacial score (nSPS) is 11.1. The minimum atomic E-state index is -4.04. The fourth-order valence-electron chi connectivity index (χ4n) is 1.51. The number of sulfonamides is 1. The Morgan fingerprint density at radius 3 is 2.57 bits per heavy atom. The summed E-state index contributed by atoms with van der Waals surface area (Å²) in [5, 5.41) is 8.43. The molecule has 9 heteroatoms. The standard InChI is InChI=1S/C12H10ClNO6S/c1-19-9-3-2-7(6-8(9)13)14-21(17,18)11-5-4-10(20-11)12(15)16/h2-6,14H,1H3,(H,15,16). The lowest BCUT2D eigenvalue weighted by Crippen LogP contribution is -2.12. The van der Waals surface area contributed by atoms with Gasteiger partial charge < -0.3 is 14.3 Å². The number of carboxylic acids is 1. The zero-order valence-corrected chi connectivity index (χ0v) is 12.2. The van der Waals surface area contributed by atoms with Gasteiger partial charge in [0.25, 0.3) is 10.0 Å². The van der Waals surface area contributed by atoms with Crippen molar-refractivity contribution in [1.82, 2.24) is 0 Å². The van der Waals surface area contributed by atoms with E-state index >= 15 is 0 Å². The summed E-state index contributed by atoms with van der Waals surface area (Å²) in [6.45, 7) is 0. The number of anilines is 1. The first-order valence-corrected chi connectivity index (χ1v) is 7.39. The highest BCUT2D eigenvalue weighted by Gasteiger charge is 2.21. The van der Waals surface area contributed by atoms with Crippen LogP contribution in [0.5, 0.6) is 5.75 Å².